The van der Waals surface area contributed by atoms with Gasteiger partial charge in [0.05, 0.1) is 0 Å². The summed E-state index contributed by atoms with van der Waals surface area (Å²) in [4.78, 5) is 28.2. The predicted molar refractivity (Wildman–Crippen MR) is 75.0 cm³/mol. The van der Waals surface area contributed by atoms with Gasteiger partial charge in [0.15, 0.2) is 11.2 Å². The van der Waals surface area contributed by atoms with Crippen LogP contribution in [0.2, 0.25) is 0 Å². The Bertz CT molecular complexity index is 840. The molecule has 6 nitrogen and oxygen atoms in total. The zero-order chi connectivity index (χ0) is 17.0. The average molecular weight is 318 g/mol. The lowest BCUT2D eigenvalue weighted by atomic mass is 10.3. The van der Waals surface area contributed by atoms with Gasteiger partial charge in [0.2, 0.25) is 5.82 Å². The van der Waals surface area contributed by atoms with Crippen LogP contribution in [-0.2, 0) is 13.2 Å². The van der Waals surface area contributed by atoms with E-state index in [1.807, 2.05) is 0 Å². The molecule has 0 atom stereocenters. The van der Waals surface area contributed by atoms with E-state index in [9.17, 15) is 22.8 Å². The molecular weight excluding hydrogens is 301 g/mol. The molecule has 0 bridgehead atoms. The molecule has 9 heteroatoms. The Morgan fingerprint density at radius 1 is 1.00 bits per heavy atom. The van der Waals surface area contributed by atoms with Crippen LogP contribution in [0.5, 0.6) is 0 Å². The van der Waals surface area contributed by atoms with E-state index >= 15 is 0 Å². The number of aryl methyl sites for hydroxylation is 1. The van der Waals surface area contributed by atoms with Gasteiger partial charge in [-0.05, 0) is 27.7 Å². The van der Waals surface area contributed by atoms with Crippen molar-refractivity contribution in [1.82, 2.24) is 18.7 Å². The Hall–Kier alpha value is -2.06. The molecule has 2 heterocycles. The van der Waals surface area contributed by atoms with E-state index in [4.69, 9.17) is 0 Å². The highest BCUT2D eigenvalue weighted by Crippen LogP contribution is 2.32. The Morgan fingerprint density at radius 2 is 1.50 bits per heavy atom. The van der Waals surface area contributed by atoms with E-state index in [-0.39, 0.29) is 11.2 Å². The second-order valence-corrected chi connectivity index (χ2v) is 5.68. The van der Waals surface area contributed by atoms with Crippen molar-refractivity contribution >= 4 is 11.2 Å². The number of alkyl halides is 3. The fourth-order valence-electron chi connectivity index (χ4n) is 2.46. The average Bonchev–Trinajstić information content (AvgIpc) is 2.76. The maximum Gasteiger partial charge on any atom is 0.449 e. The van der Waals surface area contributed by atoms with Gasteiger partial charge >= 0.3 is 11.9 Å². The summed E-state index contributed by atoms with van der Waals surface area (Å²) in [7, 11) is 1.31. The quantitative estimate of drug-likeness (QED) is 0.852. The lowest BCUT2D eigenvalue weighted by Gasteiger charge is -2.15. The summed E-state index contributed by atoms with van der Waals surface area (Å²) in [6.07, 6.45) is -4.71. The summed E-state index contributed by atoms with van der Waals surface area (Å²) in [6, 6.07) is -1.10. The highest BCUT2D eigenvalue weighted by atomic mass is 19.4. The number of imidazole rings is 1. The molecule has 0 saturated heterocycles. The number of aromatic nitrogens is 4. The second kappa shape index (κ2) is 4.99. The molecule has 0 spiro atoms. The van der Waals surface area contributed by atoms with Crippen molar-refractivity contribution in [2.24, 2.45) is 7.05 Å². The summed E-state index contributed by atoms with van der Waals surface area (Å²) < 4.78 is 42.3. The van der Waals surface area contributed by atoms with Gasteiger partial charge in [0.1, 0.15) is 0 Å². The summed E-state index contributed by atoms with van der Waals surface area (Å²) >= 11 is 0. The Morgan fingerprint density at radius 3 is 1.91 bits per heavy atom. The molecule has 2 aromatic rings. The molecule has 0 aliphatic heterocycles. The van der Waals surface area contributed by atoms with Crippen LogP contribution >= 0.6 is 0 Å². The van der Waals surface area contributed by atoms with Crippen LogP contribution in [0.1, 0.15) is 45.6 Å². The van der Waals surface area contributed by atoms with E-state index in [1.165, 1.54) is 20.9 Å². The van der Waals surface area contributed by atoms with Gasteiger partial charge in [-0.15, -0.1) is 0 Å². The maximum atomic E-state index is 13.2. The van der Waals surface area contributed by atoms with Crippen molar-refractivity contribution < 1.29 is 13.2 Å². The van der Waals surface area contributed by atoms with Crippen LogP contribution in [0.25, 0.3) is 11.2 Å². The first-order valence-electron chi connectivity index (χ1n) is 6.79. The first-order valence-corrected chi connectivity index (χ1v) is 6.79. The third-order valence-electron chi connectivity index (χ3n) is 3.41. The van der Waals surface area contributed by atoms with Crippen molar-refractivity contribution in [1.29, 1.82) is 0 Å². The maximum absolute atomic E-state index is 13.2. The van der Waals surface area contributed by atoms with Crippen molar-refractivity contribution in [2.45, 2.75) is 46.0 Å². The molecule has 22 heavy (non-hydrogen) atoms. The predicted octanol–water partition coefficient (Wildman–Crippen LogP) is 2.08. The molecule has 0 N–H and O–H groups in total. The van der Waals surface area contributed by atoms with Gasteiger partial charge in [-0.25, -0.2) is 9.78 Å². The third kappa shape index (κ3) is 2.24. The Labute approximate surface area is 123 Å². The zero-order valence-electron chi connectivity index (χ0n) is 12.9. The van der Waals surface area contributed by atoms with Crippen LogP contribution in [0.4, 0.5) is 13.2 Å². The summed E-state index contributed by atoms with van der Waals surface area (Å²) in [6.45, 7) is 6.30. The molecule has 0 aromatic carbocycles. The van der Waals surface area contributed by atoms with E-state index in [1.54, 1.807) is 13.8 Å². The molecule has 0 fully saturated rings. The minimum absolute atomic E-state index is 0.210. The largest absolute Gasteiger partial charge is 0.449 e. The van der Waals surface area contributed by atoms with Crippen molar-refractivity contribution in [3.63, 3.8) is 0 Å². The topological polar surface area (TPSA) is 61.8 Å². The fraction of sp³-hybridized carbons (Fsp3) is 0.615. The van der Waals surface area contributed by atoms with Crippen LogP contribution in [0.3, 0.4) is 0 Å². The van der Waals surface area contributed by atoms with E-state index in [0.29, 0.717) is 0 Å². The number of nitrogens with zero attached hydrogens (tertiary/aromatic N) is 4. The first kappa shape index (κ1) is 16.3. The molecule has 2 rings (SSSR count). The SMILES string of the molecule is CC(C)n1c(=O)c2c(nc(C(F)(F)F)n2C(C)C)n(C)c1=O. The van der Waals surface area contributed by atoms with Crippen LogP contribution in [-0.4, -0.2) is 18.7 Å². The highest BCUT2D eigenvalue weighted by Gasteiger charge is 2.39. The van der Waals surface area contributed by atoms with Crippen molar-refractivity contribution in [3.05, 3.63) is 26.7 Å². The smallest absolute Gasteiger partial charge is 0.312 e. The Balaban J connectivity index is 3.13. The lowest BCUT2D eigenvalue weighted by Crippen LogP contribution is -2.40. The minimum atomic E-state index is -4.71. The standard InChI is InChI=1S/C13H17F3N4O2/c1-6(2)19-8-9(17-11(19)13(14,15)16)18(5)12(22)20(7(3)4)10(8)21/h6-7H,1-5H3. The van der Waals surface area contributed by atoms with Gasteiger partial charge in [-0.1, -0.05) is 0 Å². The van der Waals surface area contributed by atoms with Crippen LogP contribution < -0.4 is 11.2 Å². The van der Waals surface area contributed by atoms with Gasteiger partial charge in [-0.2, -0.15) is 13.2 Å². The normalized spacial score (nSPS) is 12.8. The molecule has 0 unspecified atom stereocenters. The van der Waals surface area contributed by atoms with Gasteiger partial charge in [0, 0.05) is 19.1 Å². The number of fused-ring (bicyclic) bond motifs is 1. The molecule has 2 aromatic heterocycles. The van der Waals surface area contributed by atoms with E-state index in [2.05, 4.69) is 4.98 Å². The number of rotatable bonds is 2. The first-order chi connectivity index (χ1) is 9.98. The van der Waals surface area contributed by atoms with Gasteiger partial charge in [0.25, 0.3) is 5.56 Å². The van der Waals surface area contributed by atoms with Crippen LogP contribution in [0, 0.1) is 0 Å². The monoisotopic (exact) mass is 318 g/mol. The van der Waals surface area contributed by atoms with Crippen molar-refractivity contribution in [2.75, 3.05) is 0 Å². The van der Waals surface area contributed by atoms with Crippen LogP contribution in [0.15, 0.2) is 9.59 Å². The molecular formula is C13H17F3N4O2. The second-order valence-electron chi connectivity index (χ2n) is 5.68. The molecule has 0 radical (unpaired) electrons. The number of hydrogen-bond acceptors (Lipinski definition) is 3. The summed E-state index contributed by atoms with van der Waals surface area (Å²) in [5.41, 5.74) is -1.91. The third-order valence-corrected chi connectivity index (χ3v) is 3.41. The molecule has 0 amide bonds. The summed E-state index contributed by atoms with van der Waals surface area (Å²) in [5, 5.41) is 0. The molecule has 0 saturated carbocycles. The van der Waals surface area contributed by atoms with E-state index in [0.717, 1.165) is 13.7 Å². The fourth-order valence-corrected chi connectivity index (χ4v) is 2.46. The molecule has 0 aliphatic carbocycles. The number of halogens is 3. The molecule has 122 valence electrons. The highest BCUT2D eigenvalue weighted by molar-refractivity contribution is 5.71. The Kier molecular flexibility index (Phi) is 3.70. The summed E-state index contributed by atoms with van der Waals surface area (Å²) in [5.74, 6) is -1.17. The minimum Gasteiger partial charge on any atom is -0.312 e. The van der Waals surface area contributed by atoms with E-state index < -0.39 is 35.3 Å². The van der Waals surface area contributed by atoms with Gasteiger partial charge < -0.3 is 4.57 Å². The zero-order valence-corrected chi connectivity index (χ0v) is 12.9. The number of hydrogen-bond donors (Lipinski definition) is 0. The molecule has 0 aliphatic rings. The van der Waals surface area contributed by atoms with Gasteiger partial charge in [-0.3, -0.25) is 13.9 Å². The lowest BCUT2D eigenvalue weighted by molar-refractivity contribution is -0.147. The van der Waals surface area contributed by atoms with Crippen molar-refractivity contribution in [3.8, 4) is 0 Å².